The third-order valence-electron chi connectivity index (χ3n) is 4.79. The maximum atomic E-state index is 5.86. The molecule has 1 fully saturated rings. The van der Waals surface area contributed by atoms with Gasteiger partial charge in [0.1, 0.15) is 0 Å². The Morgan fingerprint density at radius 2 is 1.46 bits per heavy atom. The van der Waals surface area contributed by atoms with Crippen LogP contribution in [0.5, 0.6) is 0 Å². The molecule has 124 valence electrons. The Hall–Kier alpha value is -1.95. The summed E-state index contributed by atoms with van der Waals surface area (Å²) < 4.78 is 5.31. The predicted molar refractivity (Wildman–Crippen MR) is 101 cm³/mol. The van der Waals surface area contributed by atoms with Crippen LogP contribution in [0.4, 0.5) is 0 Å². The van der Waals surface area contributed by atoms with E-state index in [0.717, 1.165) is 43.3 Å². The van der Waals surface area contributed by atoms with Crippen LogP contribution in [0.2, 0.25) is 0 Å². The second-order valence-corrected chi connectivity index (χ2v) is 6.80. The molecule has 0 bridgehead atoms. The Morgan fingerprint density at radius 3 is 2.17 bits per heavy atom. The van der Waals surface area contributed by atoms with Crippen LogP contribution in [-0.2, 0) is 6.67 Å². The molecule has 1 aliphatic rings. The number of hydrogen-bond acceptors (Lipinski definition) is 3. The van der Waals surface area contributed by atoms with Crippen LogP contribution in [-0.4, -0.2) is 52.2 Å². The number of nitrogens with zero attached hydrogens (tertiary/aromatic N) is 4. The summed E-state index contributed by atoms with van der Waals surface area (Å²) in [5.74, 6) is 0. The van der Waals surface area contributed by atoms with E-state index in [4.69, 9.17) is 12.2 Å². The molecule has 5 heteroatoms. The van der Waals surface area contributed by atoms with Gasteiger partial charge in [-0.05, 0) is 43.5 Å². The number of aromatic nitrogens is 2. The van der Waals surface area contributed by atoms with Crippen molar-refractivity contribution >= 4 is 23.3 Å². The fraction of sp³-hybridized carbons (Fsp3) is 0.316. The monoisotopic (exact) mass is 338 g/mol. The van der Waals surface area contributed by atoms with Gasteiger partial charge in [0.25, 0.3) is 0 Å². The van der Waals surface area contributed by atoms with Crippen LogP contribution < -0.4 is 0 Å². The largest absolute Gasteiger partial charge is 0.304 e. The molecule has 0 N–H and O–H groups in total. The number of hydrogen-bond donors (Lipinski definition) is 0. The summed E-state index contributed by atoms with van der Waals surface area (Å²) in [6.07, 6.45) is 0. The van der Waals surface area contributed by atoms with Gasteiger partial charge in [0.05, 0.1) is 17.7 Å². The Labute approximate surface area is 147 Å². The maximum Gasteiger partial charge on any atom is 0.186 e. The van der Waals surface area contributed by atoms with E-state index in [2.05, 4.69) is 74.5 Å². The van der Waals surface area contributed by atoms with Crippen LogP contribution in [0.1, 0.15) is 0 Å². The minimum Gasteiger partial charge on any atom is -0.304 e. The molecule has 0 spiro atoms. The van der Waals surface area contributed by atoms with E-state index < -0.39 is 0 Å². The number of fused-ring (bicyclic) bond motifs is 1. The van der Waals surface area contributed by atoms with Crippen molar-refractivity contribution < 1.29 is 0 Å². The first-order chi connectivity index (χ1) is 11.7. The number of benzene rings is 2. The van der Waals surface area contributed by atoms with Gasteiger partial charge in [0, 0.05) is 31.9 Å². The zero-order valence-electron chi connectivity index (χ0n) is 13.9. The van der Waals surface area contributed by atoms with E-state index in [9.17, 15) is 0 Å². The van der Waals surface area contributed by atoms with E-state index in [0.29, 0.717) is 0 Å². The summed E-state index contributed by atoms with van der Waals surface area (Å²) in [6.45, 7) is 5.26. The van der Waals surface area contributed by atoms with Gasteiger partial charge in [-0.2, -0.15) is 0 Å². The van der Waals surface area contributed by atoms with Crippen LogP contribution in [0.15, 0.2) is 54.6 Å². The van der Waals surface area contributed by atoms with Gasteiger partial charge in [-0.1, -0.05) is 30.3 Å². The van der Waals surface area contributed by atoms with Crippen LogP contribution >= 0.6 is 12.2 Å². The molecular weight excluding hydrogens is 316 g/mol. The topological polar surface area (TPSA) is 16.3 Å². The number of rotatable bonds is 3. The molecule has 0 saturated carbocycles. The van der Waals surface area contributed by atoms with Crippen molar-refractivity contribution in [1.82, 2.24) is 18.9 Å². The molecule has 0 amide bonds. The summed E-state index contributed by atoms with van der Waals surface area (Å²) >= 11 is 5.86. The van der Waals surface area contributed by atoms with E-state index in [1.807, 2.05) is 6.07 Å². The summed E-state index contributed by atoms with van der Waals surface area (Å²) in [6, 6.07) is 18.9. The molecule has 2 aromatic carbocycles. The first-order valence-electron chi connectivity index (χ1n) is 8.40. The fourth-order valence-electron chi connectivity index (χ4n) is 3.36. The van der Waals surface area contributed by atoms with Gasteiger partial charge >= 0.3 is 0 Å². The standard InChI is InChI=1S/C19H22N4S/c1-20-11-13-21(14-12-20)15-22-17-9-5-6-10-18(17)23(19(22)24)16-7-3-2-4-8-16/h2-10H,11-15H2,1H3. The molecule has 1 aliphatic heterocycles. The lowest BCUT2D eigenvalue weighted by atomic mass is 10.3. The highest BCUT2D eigenvalue weighted by Gasteiger charge is 2.17. The van der Waals surface area contributed by atoms with E-state index in [1.54, 1.807) is 0 Å². The second-order valence-electron chi connectivity index (χ2n) is 6.43. The van der Waals surface area contributed by atoms with Crippen molar-refractivity contribution in [3.63, 3.8) is 0 Å². The van der Waals surface area contributed by atoms with E-state index in [-0.39, 0.29) is 0 Å². The third-order valence-corrected chi connectivity index (χ3v) is 5.19. The number of para-hydroxylation sites is 3. The van der Waals surface area contributed by atoms with Crippen molar-refractivity contribution in [3.05, 3.63) is 59.4 Å². The highest BCUT2D eigenvalue weighted by Crippen LogP contribution is 2.23. The van der Waals surface area contributed by atoms with Gasteiger partial charge in [-0.3, -0.25) is 9.47 Å². The van der Waals surface area contributed by atoms with Gasteiger partial charge in [-0.15, -0.1) is 0 Å². The van der Waals surface area contributed by atoms with Crippen molar-refractivity contribution in [2.45, 2.75) is 6.67 Å². The lowest BCUT2D eigenvalue weighted by Crippen LogP contribution is -2.44. The second kappa shape index (κ2) is 6.51. The van der Waals surface area contributed by atoms with Gasteiger partial charge in [-0.25, -0.2) is 0 Å². The van der Waals surface area contributed by atoms with Gasteiger partial charge < -0.3 is 9.47 Å². The molecule has 0 radical (unpaired) electrons. The fourth-order valence-corrected chi connectivity index (χ4v) is 3.72. The van der Waals surface area contributed by atoms with Crippen molar-refractivity contribution in [3.8, 4) is 5.69 Å². The number of likely N-dealkylation sites (N-methyl/N-ethyl adjacent to an activating group) is 1. The summed E-state index contributed by atoms with van der Waals surface area (Å²) in [5, 5.41) is 0. The van der Waals surface area contributed by atoms with Crippen molar-refractivity contribution in [1.29, 1.82) is 0 Å². The SMILES string of the molecule is CN1CCN(Cn2c(=S)n(-c3ccccc3)c3ccccc32)CC1. The molecule has 3 aromatic rings. The van der Waals surface area contributed by atoms with E-state index >= 15 is 0 Å². The summed E-state index contributed by atoms with van der Waals surface area (Å²) in [4.78, 5) is 4.86. The average Bonchev–Trinajstić information content (AvgIpc) is 2.90. The van der Waals surface area contributed by atoms with Crippen molar-refractivity contribution in [2.24, 2.45) is 0 Å². The smallest absolute Gasteiger partial charge is 0.186 e. The van der Waals surface area contributed by atoms with Crippen molar-refractivity contribution in [2.75, 3.05) is 33.2 Å². The average molecular weight is 338 g/mol. The predicted octanol–water partition coefficient (Wildman–Crippen LogP) is 3.37. The lowest BCUT2D eigenvalue weighted by molar-refractivity contribution is 0.125. The summed E-state index contributed by atoms with van der Waals surface area (Å²) in [7, 11) is 2.18. The highest BCUT2D eigenvalue weighted by molar-refractivity contribution is 7.71. The Balaban J connectivity index is 1.79. The molecule has 0 aliphatic carbocycles. The summed E-state index contributed by atoms with van der Waals surface area (Å²) in [5.41, 5.74) is 3.49. The minimum absolute atomic E-state index is 0.854. The molecule has 0 unspecified atom stereocenters. The molecule has 1 saturated heterocycles. The maximum absolute atomic E-state index is 5.86. The molecule has 4 rings (SSSR count). The normalized spacial score (nSPS) is 16.7. The van der Waals surface area contributed by atoms with Crippen LogP contribution in [0.3, 0.4) is 0 Å². The molecule has 2 heterocycles. The molecule has 0 atom stereocenters. The van der Waals surface area contributed by atoms with E-state index in [1.165, 1.54) is 11.0 Å². The quantitative estimate of drug-likeness (QED) is 0.681. The third kappa shape index (κ3) is 2.79. The van der Waals surface area contributed by atoms with Gasteiger partial charge in [0.2, 0.25) is 0 Å². The Kier molecular flexibility index (Phi) is 4.22. The first-order valence-corrected chi connectivity index (χ1v) is 8.81. The first kappa shape index (κ1) is 15.6. The molecule has 4 nitrogen and oxygen atoms in total. The lowest BCUT2D eigenvalue weighted by Gasteiger charge is -2.32. The molecule has 1 aromatic heterocycles. The number of imidazole rings is 1. The molecular formula is C19H22N4S. The molecule has 24 heavy (non-hydrogen) atoms. The van der Waals surface area contributed by atoms with Crippen LogP contribution in [0.25, 0.3) is 16.7 Å². The van der Waals surface area contributed by atoms with Crippen LogP contribution in [0, 0.1) is 4.77 Å². The Bertz CT molecular complexity index is 889. The minimum atomic E-state index is 0.854. The van der Waals surface area contributed by atoms with Gasteiger partial charge in [0.15, 0.2) is 4.77 Å². The zero-order valence-corrected chi connectivity index (χ0v) is 14.7. The highest BCUT2D eigenvalue weighted by atomic mass is 32.1. The zero-order chi connectivity index (χ0) is 16.5. The number of piperazine rings is 1. The Morgan fingerprint density at radius 1 is 0.833 bits per heavy atom.